The molecule has 110 valence electrons. The minimum Gasteiger partial charge on any atom is -0.493 e. The number of nitrogens with one attached hydrogen (secondary N) is 1. The van der Waals surface area contributed by atoms with Gasteiger partial charge in [-0.25, -0.2) is 9.97 Å². The predicted molar refractivity (Wildman–Crippen MR) is 79.4 cm³/mol. The predicted octanol–water partition coefficient (Wildman–Crippen LogP) is 2.21. The highest BCUT2D eigenvalue weighted by atomic mass is 16.5. The molecule has 1 aliphatic heterocycles. The van der Waals surface area contributed by atoms with E-state index >= 15 is 0 Å². The van der Waals surface area contributed by atoms with Gasteiger partial charge >= 0.3 is 0 Å². The summed E-state index contributed by atoms with van der Waals surface area (Å²) in [5, 5.41) is 3.37. The fourth-order valence-corrected chi connectivity index (χ4v) is 2.61. The number of benzene rings is 1. The Balaban J connectivity index is 1.88. The molecular formula is C16H19N3O2. The molecule has 1 aromatic carbocycles. The maximum absolute atomic E-state index is 6.22. The van der Waals surface area contributed by atoms with E-state index < -0.39 is 0 Å². The quantitative estimate of drug-likeness (QED) is 0.913. The molecule has 5 nitrogen and oxygen atoms in total. The van der Waals surface area contributed by atoms with Crippen LogP contribution in [-0.2, 0) is 0 Å². The molecule has 0 amide bonds. The molecule has 2 heterocycles. The molecule has 1 aromatic heterocycles. The summed E-state index contributed by atoms with van der Waals surface area (Å²) in [4.78, 5) is 8.74. The highest BCUT2D eigenvalue weighted by molar-refractivity contribution is 5.39. The van der Waals surface area contributed by atoms with Gasteiger partial charge in [0.05, 0.1) is 7.11 Å². The summed E-state index contributed by atoms with van der Waals surface area (Å²) in [5.41, 5.74) is 0. The van der Waals surface area contributed by atoms with E-state index in [1.54, 1.807) is 19.5 Å². The topological polar surface area (TPSA) is 56.3 Å². The van der Waals surface area contributed by atoms with Gasteiger partial charge in [0, 0.05) is 24.9 Å². The molecule has 2 aromatic rings. The van der Waals surface area contributed by atoms with Crippen LogP contribution < -0.4 is 14.8 Å². The van der Waals surface area contributed by atoms with Crippen molar-refractivity contribution in [3.8, 4) is 11.5 Å². The lowest BCUT2D eigenvalue weighted by molar-refractivity contribution is 0.130. The Hall–Kier alpha value is -2.14. The van der Waals surface area contributed by atoms with Crippen LogP contribution in [0.1, 0.15) is 18.3 Å². The highest BCUT2D eigenvalue weighted by Gasteiger charge is 2.30. The van der Waals surface area contributed by atoms with Crippen LogP contribution in [0.5, 0.6) is 11.5 Å². The van der Waals surface area contributed by atoms with E-state index in [2.05, 4.69) is 15.3 Å². The van der Waals surface area contributed by atoms with E-state index in [0.29, 0.717) is 5.92 Å². The summed E-state index contributed by atoms with van der Waals surface area (Å²) in [5.74, 6) is 2.53. The van der Waals surface area contributed by atoms with Gasteiger partial charge in [-0.3, -0.25) is 0 Å². The van der Waals surface area contributed by atoms with E-state index in [1.807, 2.05) is 30.3 Å². The average molecular weight is 285 g/mol. The zero-order valence-electron chi connectivity index (χ0n) is 12.0. The Kier molecular flexibility index (Phi) is 4.31. The van der Waals surface area contributed by atoms with Gasteiger partial charge in [0.25, 0.3) is 0 Å². The third-order valence-corrected chi connectivity index (χ3v) is 3.69. The van der Waals surface area contributed by atoms with Crippen LogP contribution in [0.3, 0.4) is 0 Å². The van der Waals surface area contributed by atoms with E-state index in [1.165, 1.54) is 0 Å². The van der Waals surface area contributed by atoms with Gasteiger partial charge in [-0.15, -0.1) is 0 Å². The molecule has 0 aliphatic carbocycles. The number of hydrogen-bond donors (Lipinski definition) is 1. The van der Waals surface area contributed by atoms with Crippen LogP contribution in [0.25, 0.3) is 0 Å². The minimum absolute atomic E-state index is 0.169. The highest BCUT2D eigenvalue weighted by Crippen LogP contribution is 2.34. The zero-order chi connectivity index (χ0) is 14.5. The van der Waals surface area contributed by atoms with E-state index in [9.17, 15) is 0 Å². The first-order chi connectivity index (χ1) is 10.4. The number of hydrogen-bond acceptors (Lipinski definition) is 5. The molecule has 1 fully saturated rings. The van der Waals surface area contributed by atoms with Crippen molar-refractivity contribution < 1.29 is 9.47 Å². The Labute approximate surface area is 124 Å². The van der Waals surface area contributed by atoms with Crippen molar-refractivity contribution in [1.82, 2.24) is 15.3 Å². The van der Waals surface area contributed by atoms with Crippen LogP contribution in [0, 0.1) is 5.92 Å². The molecule has 1 saturated heterocycles. The van der Waals surface area contributed by atoms with Crippen molar-refractivity contribution in [2.75, 3.05) is 20.2 Å². The summed E-state index contributed by atoms with van der Waals surface area (Å²) in [6.45, 7) is 1.92. The van der Waals surface area contributed by atoms with Crippen molar-refractivity contribution in [2.24, 2.45) is 5.92 Å². The van der Waals surface area contributed by atoms with Crippen molar-refractivity contribution in [1.29, 1.82) is 0 Å². The Morgan fingerprint density at radius 3 is 2.57 bits per heavy atom. The lowest BCUT2D eigenvalue weighted by Gasteiger charge is -2.23. The summed E-state index contributed by atoms with van der Waals surface area (Å²) < 4.78 is 11.6. The first kappa shape index (κ1) is 13.8. The maximum atomic E-state index is 6.22. The van der Waals surface area contributed by atoms with Crippen molar-refractivity contribution in [3.63, 3.8) is 0 Å². The smallest absolute Gasteiger partial charge is 0.169 e. The van der Waals surface area contributed by atoms with Crippen molar-refractivity contribution in [3.05, 3.63) is 48.5 Å². The third kappa shape index (κ3) is 3.13. The van der Waals surface area contributed by atoms with Gasteiger partial charge < -0.3 is 14.8 Å². The monoisotopic (exact) mass is 285 g/mol. The largest absolute Gasteiger partial charge is 0.493 e. The first-order valence-corrected chi connectivity index (χ1v) is 7.16. The van der Waals surface area contributed by atoms with Gasteiger partial charge in [-0.05, 0) is 31.2 Å². The van der Waals surface area contributed by atoms with E-state index in [-0.39, 0.29) is 6.10 Å². The third-order valence-electron chi connectivity index (χ3n) is 3.69. The standard InChI is InChI=1S/C16H19N3O2/c1-20-13-5-2-3-6-14(13)21-15(12-7-10-17-11-12)16-18-8-4-9-19-16/h2-6,8-9,12,15,17H,7,10-11H2,1H3. The number of aromatic nitrogens is 2. The first-order valence-electron chi connectivity index (χ1n) is 7.16. The lowest BCUT2D eigenvalue weighted by Crippen LogP contribution is -2.23. The zero-order valence-corrected chi connectivity index (χ0v) is 12.0. The summed E-state index contributed by atoms with van der Waals surface area (Å²) in [6.07, 6.45) is 4.39. The van der Waals surface area contributed by atoms with Crippen molar-refractivity contribution in [2.45, 2.75) is 12.5 Å². The minimum atomic E-state index is -0.169. The summed E-state index contributed by atoms with van der Waals surface area (Å²) in [6, 6.07) is 9.49. The molecule has 0 saturated carbocycles. The van der Waals surface area contributed by atoms with Gasteiger partial charge in [-0.1, -0.05) is 12.1 Å². The van der Waals surface area contributed by atoms with Gasteiger partial charge in [-0.2, -0.15) is 0 Å². The molecule has 1 aliphatic rings. The molecule has 2 unspecified atom stereocenters. The molecular weight excluding hydrogens is 266 g/mol. The molecule has 0 radical (unpaired) electrons. The summed E-state index contributed by atoms with van der Waals surface area (Å²) in [7, 11) is 1.65. The molecule has 0 spiro atoms. The van der Waals surface area contributed by atoms with Gasteiger partial charge in [0.15, 0.2) is 23.4 Å². The Morgan fingerprint density at radius 1 is 1.14 bits per heavy atom. The molecule has 1 N–H and O–H groups in total. The second-order valence-corrected chi connectivity index (χ2v) is 5.05. The number of ether oxygens (including phenoxy) is 2. The molecule has 21 heavy (non-hydrogen) atoms. The number of rotatable bonds is 5. The normalized spacial score (nSPS) is 19.2. The molecule has 0 bridgehead atoms. The van der Waals surface area contributed by atoms with Gasteiger partial charge in [0.1, 0.15) is 0 Å². The van der Waals surface area contributed by atoms with Crippen LogP contribution >= 0.6 is 0 Å². The molecule has 5 heteroatoms. The number of methoxy groups -OCH3 is 1. The van der Waals surface area contributed by atoms with E-state index in [0.717, 1.165) is 36.8 Å². The Morgan fingerprint density at radius 2 is 1.90 bits per heavy atom. The Bertz CT molecular complexity index is 571. The second kappa shape index (κ2) is 6.54. The second-order valence-electron chi connectivity index (χ2n) is 5.05. The van der Waals surface area contributed by atoms with Crippen LogP contribution in [0.2, 0.25) is 0 Å². The number of para-hydroxylation sites is 2. The van der Waals surface area contributed by atoms with Crippen LogP contribution in [0.4, 0.5) is 0 Å². The molecule has 3 rings (SSSR count). The fourth-order valence-electron chi connectivity index (χ4n) is 2.61. The van der Waals surface area contributed by atoms with Crippen molar-refractivity contribution >= 4 is 0 Å². The SMILES string of the molecule is COc1ccccc1OC(c1ncccn1)C1CCNC1. The summed E-state index contributed by atoms with van der Waals surface area (Å²) >= 11 is 0. The van der Waals surface area contributed by atoms with Crippen LogP contribution in [-0.4, -0.2) is 30.2 Å². The average Bonchev–Trinajstić information content (AvgIpc) is 3.08. The lowest BCUT2D eigenvalue weighted by atomic mass is 10.0. The molecule has 2 atom stereocenters. The fraction of sp³-hybridized carbons (Fsp3) is 0.375. The van der Waals surface area contributed by atoms with E-state index in [4.69, 9.17) is 9.47 Å². The van der Waals surface area contributed by atoms with Gasteiger partial charge in [0.2, 0.25) is 0 Å². The maximum Gasteiger partial charge on any atom is 0.169 e. The number of nitrogens with zero attached hydrogens (tertiary/aromatic N) is 2. The van der Waals surface area contributed by atoms with Crippen LogP contribution in [0.15, 0.2) is 42.7 Å².